The molecular formula is C28H29F2NO3. The van der Waals surface area contributed by atoms with E-state index in [0.717, 1.165) is 22.4 Å². The number of methoxy groups -OCH3 is 1. The van der Waals surface area contributed by atoms with Crippen LogP contribution in [0.4, 0.5) is 14.5 Å². The highest BCUT2D eigenvalue weighted by atomic mass is 19.3. The Hall–Kier alpha value is -3.38. The lowest BCUT2D eigenvalue weighted by Gasteiger charge is -2.19. The minimum Gasteiger partial charge on any atom is -0.378 e. The van der Waals surface area contributed by atoms with E-state index in [2.05, 4.69) is 10.8 Å². The van der Waals surface area contributed by atoms with Gasteiger partial charge < -0.3 is 9.64 Å². The number of halogens is 2. The third kappa shape index (κ3) is 6.35. The first-order valence-corrected chi connectivity index (χ1v) is 11.0. The summed E-state index contributed by atoms with van der Waals surface area (Å²) in [6, 6.07) is 18.7. The zero-order valence-corrected chi connectivity index (χ0v) is 19.9. The van der Waals surface area contributed by atoms with E-state index in [1.807, 2.05) is 26.0 Å². The highest BCUT2D eigenvalue weighted by molar-refractivity contribution is 6.05. The monoisotopic (exact) mass is 465 g/mol. The van der Waals surface area contributed by atoms with Gasteiger partial charge in [0.05, 0.1) is 0 Å². The van der Waals surface area contributed by atoms with E-state index in [1.165, 1.54) is 19.2 Å². The van der Waals surface area contributed by atoms with E-state index >= 15 is 0 Å². The number of carbonyl (C=O) groups is 2. The smallest absolute Gasteiger partial charge is 0.296 e. The van der Waals surface area contributed by atoms with Crippen molar-refractivity contribution in [2.75, 3.05) is 25.7 Å². The maximum absolute atomic E-state index is 13.9. The molecule has 0 bridgehead atoms. The Morgan fingerprint density at radius 1 is 0.853 bits per heavy atom. The van der Waals surface area contributed by atoms with Crippen LogP contribution in [0, 0.1) is 13.8 Å². The van der Waals surface area contributed by atoms with E-state index in [9.17, 15) is 18.4 Å². The zero-order chi connectivity index (χ0) is 24.9. The van der Waals surface area contributed by atoms with Gasteiger partial charge in [0.1, 0.15) is 12.4 Å². The molecule has 0 radical (unpaired) electrons. The fraction of sp³-hybridized carbons (Fsp3) is 0.286. The second-order valence-electron chi connectivity index (χ2n) is 8.63. The third-order valence-electron chi connectivity index (χ3n) is 5.60. The number of Topliss-reactive ketones (excluding diaryl/α,β-unsaturated/α-hetero) is 1. The highest BCUT2D eigenvalue weighted by Crippen LogP contribution is 2.28. The predicted molar refractivity (Wildman–Crippen MR) is 130 cm³/mol. The number of hydrogen-bond acceptors (Lipinski definition) is 3. The van der Waals surface area contributed by atoms with Gasteiger partial charge in [-0.15, -0.1) is 0 Å². The molecule has 0 aliphatic heterocycles. The molecule has 0 unspecified atom stereocenters. The van der Waals surface area contributed by atoms with Crippen molar-refractivity contribution in [1.82, 2.24) is 0 Å². The molecule has 0 atom stereocenters. The first-order valence-electron chi connectivity index (χ1n) is 11.0. The number of alkyl halides is 2. The fourth-order valence-electron chi connectivity index (χ4n) is 3.87. The SMILES string of the molecule is COCC(F)(F)c1ccc(CC(=O)Cc2ccc(C(=O)N(C)c3cc(C)cc(C)c3)cc2)cc1. The molecule has 0 spiro atoms. The van der Waals surface area contributed by atoms with Crippen molar-refractivity contribution in [3.63, 3.8) is 0 Å². The summed E-state index contributed by atoms with van der Waals surface area (Å²) in [5.41, 5.74) is 4.85. The van der Waals surface area contributed by atoms with Crippen LogP contribution in [-0.2, 0) is 28.3 Å². The average Bonchev–Trinajstić information content (AvgIpc) is 2.78. The molecule has 0 fully saturated rings. The quantitative estimate of drug-likeness (QED) is 0.409. The van der Waals surface area contributed by atoms with Gasteiger partial charge in [-0.1, -0.05) is 42.5 Å². The van der Waals surface area contributed by atoms with Crippen LogP contribution in [-0.4, -0.2) is 32.5 Å². The van der Waals surface area contributed by atoms with E-state index in [4.69, 9.17) is 0 Å². The highest BCUT2D eigenvalue weighted by Gasteiger charge is 2.31. The van der Waals surface area contributed by atoms with E-state index in [1.54, 1.807) is 48.3 Å². The second kappa shape index (κ2) is 10.7. The first-order chi connectivity index (χ1) is 16.1. The van der Waals surface area contributed by atoms with Crippen LogP contribution in [0.3, 0.4) is 0 Å². The Bertz CT molecular complexity index is 1140. The molecule has 1 amide bonds. The van der Waals surface area contributed by atoms with Crippen LogP contribution < -0.4 is 4.90 Å². The lowest BCUT2D eigenvalue weighted by atomic mass is 9.99. The molecular weight excluding hydrogens is 436 g/mol. The summed E-state index contributed by atoms with van der Waals surface area (Å²) in [6.07, 6.45) is 0.342. The Balaban J connectivity index is 1.61. The topological polar surface area (TPSA) is 46.6 Å². The molecule has 4 nitrogen and oxygen atoms in total. The molecule has 178 valence electrons. The van der Waals surface area contributed by atoms with Crippen molar-refractivity contribution in [2.24, 2.45) is 0 Å². The van der Waals surface area contributed by atoms with Crippen LogP contribution in [0.5, 0.6) is 0 Å². The zero-order valence-electron chi connectivity index (χ0n) is 19.9. The summed E-state index contributed by atoms with van der Waals surface area (Å²) in [4.78, 5) is 27.0. The van der Waals surface area contributed by atoms with Crippen LogP contribution in [0.25, 0.3) is 0 Å². The van der Waals surface area contributed by atoms with Crippen LogP contribution in [0.15, 0.2) is 66.7 Å². The van der Waals surface area contributed by atoms with Gasteiger partial charge in [-0.3, -0.25) is 9.59 Å². The Labute approximate surface area is 199 Å². The van der Waals surface area contributed by atoms with E-state index in [0.29, 0.717) is 11.1 Å². The van der Waals surface area contributed by atoms with Gasteiger partial charge in [0.25, 0.3) is 11.8 Å². The van der Waals surface area contributed by atoms with E-state index in [-0.39, 0.29) is 30.1 Å². The molecule has 0 N–H and O–H groups in total. The van der Waals surface area contributed by atoms with Crippen molar-refractivity contribution in [3.05, 3.63) is 100 Å². The number of benzene rings is 3. The molecule has 0 aromatic heterocycles. The molecule has 6 heteroatoms. The number of anilines is 1. The maximum Gasteiger partial charge on any atom is 0.296 e. The van der Waals surface area contributed by atoms with Crippen molar-refractivity contribution in [2.45, 2.75) is 32.6 Å². The molecule has 0 saturated heterocycles. The average molecular weight is 466 g/mol. The number of amides is 1. The van der Waals surface area contributed by atoms with E-state index < -0.39 is 12.5 Å². The molecule has 0 heterocycles. The van der Waals surface area contributed by atoms with Gasteiger partial charge in [0, 0.05) is 43.8 Å². The number of hydrogen-bond donors (Lipinski definition) is 0. The lowest BCUT2D eigenvalue weighted by molar-refractivity contribution is -0.117. The predicted octanol–water partition coefficient (Wildman–Crippen LogP) is 5.67. The standard InChI is InChI=1S/C28H29F2NO3/c1-19-13-20(2)15-25(14-19)31(3)27(33)23-9-5-21(6-10-23)16-26(32)17-22-7-11-24(12-8-22)28(29,30)18-34-4/h5-15H,16-18H2,1-4H3. The molecule has 0 aliphatic carbocycles. The number of ketones is 1. The van der Waals surface area contributed by atoms with Gasteiger partial charge in [0.2, 0.25) is 0 Å². The van der Waals surface area contributed by atoms with Crippen molar-refractivity contribution >= 4 is 17.4 Å². The minimum absolute atomic E-state index is 0.0390. The molecule has 34 heavy (non-hydrogen) atoms. The molecule has 3 aromatic carbocycles. The third-order valence-corrected chi connectivity index (χ3v) is 5.60. The Morgan fingerprint density at radius 3 is 1.85 bits per heavy atom. The van der Waals surface area contributed by atoms with Gasteiger partial charge in [-0.2, -0.15) is 8.78 Å². The maximum atomic E-state index is 13.9. The normalized spacial score (nSPS) is 11.4. The lowest BCUT2D eigenvalue weighted by Crippen LogP contribution is -2.26. The Kier molecular flexibility index (Phi) is 7.94. The number of rotatable bonds is 9. The fourth-order valence-corrected chi connectivity index (χ4v) is 3.87. The van der Waals surface area contributed by atoms with Crippen molar-refractivity contribution in [3.8, 4) is 0 Å². The summed E-state index contributed by atoms with van der Waals surface area (Å²) >= 11 is 0. The Morgan fingerprint density at radius 2 is 1.35 bits per heavy atom. The van der Waals surface area contributed by atoms with Crippen LogP contribution in [0.2, 0.25) is 0 Å². The molecule has 0 aliphatic rings. The van der Waals surface area contributed by atoms with Crippen LogP contribution in [0.1, 0.15) is 38.2 Å². The summed E-state index contributed by atoms with van der Waals surface area (Å²) in [5.74, 6) is -3.24. The number of aryl methyl sites for hydroxylation is 2. The number of ether oxygens (including phenoxy) is 1. The molecule has 3 rings (SSSR count). The van der Waals surface area contributed by atoms with Gasteiger partial charge in [-0.25, -0.2) is 0 Å². The van der Waals surface area contributed by atoms with Crippen molar-refractivity contribution < 1.29 is 23.1 Å². The van der Waals surface area contributed by atoms with Gasteiger partial charge in [0.15, 0.2) is 0 Å². The molecule has 0 saturated carbocycles. The second-order valence-corrected chi connectivity index (χ2v) is 8.63. The summed E-state index contributed by atoms with van der Waals surface area (Å²) in [7, 11) is 2.97. The first kappa shape index (κ1) is 25.2. The summed E-state index contributed by atoms with van der Waals surface area (Å²) in [5, 5.41) is 0. The van der Waals surface area contributed by atoms with Crippen molar-refractivity contribution in [1.29, 1.82) is 0 Å². The largest absolute Gasteiger partial charge is 0.378 e. The van der Waals surface area contributed by atoms with Gasteiger partial charge in [-0.05, 0) is 60.4 Å². The van der Waals surface area contributed by atoms with Crippen LogP contribution >= 0.6 is 0 Å². The number of carbonyl (C=O) groups excluding carboxylic acids is 2. The van der Waals surface area contributed by atoms with Gasteiger partial charge >= 0.3 is 0 Å². The number of nitrogens with zero attached hydrogens (tertiary/aromatic N) is 1. The summed E-state index contributed by atoms with van der Waals surface area (Å²) < 4.78 is 32.3. The minimum atomic E-state index is -3.07. The molecule has 3 aromatic rings. The summed E-state index contributed by atoms with van der Waals surface area (Å²) in [6.45, 7) is 3.29.